The standard InChI is InChI=1S/C35H29BO3/c1-33(2)34(3,4)39-36(38-33)23-18-19-25-29(21-23)35(28-20-17-22-11-5-6-12-24(22)32(25)28)26-13-7-9-15-30(26)37-31-16-10-8-14-27(31)35/h5-21H,1-4H3. The Balaban J connectivity index is 1.49. The minimum absolute atomic E-state index is 0.411. The molecule has 1 aliphatic carbocycles. The van der Waals surface area contributed by atoms with Crippen molar-refractivity contribution in [1.29, 1.82) is 0 Å². The summed E-state index contributed by atoms with van der Waals surface area (Å²) < 4.78 is 19.6. The van der Waals surface area contributed by atoms with Gasteiger partial charge in [0.25, 0.3) is 0 Å². The van der Waals surface area contributed by atoms with Crippen LogP contribution in [0.25, 0.3) is 21.9 Å². The van der Waals surface area contributed by atoms with Crippen molar-refractivity contribution in [2.45, 2.75) is 44.3 Å². The first kappa shape index (κ1) is 23.1. The van der Waals surface area contributed by atoms with E-state index >= 15 is 0 Å². The van der Waals surface area contributed by atoms with E-state index in [0.717, 1.165) is 28.1 Å². The van der Waals surface area contributed by atoms with Crippen molar-refractivity contribution in [3.63, 3.8) is 0 Å². The van der Waals surface area contributed by atoms with Crippen LogP contribution < -0.4 is 10.2 Å². The quantitative estimate of drug-likeness (QED) is 0.214. The van der Waals surface area contributed by atoms with E-state index in [9.17, 15) is 0 Å². The number of ether oxygens (including phenoxy) is 1. The summed E-state index contributed by atoms with van der Waals surface area (Å²) in [5, 5.41) is 2.50. The molecule has 0 saturated carbocycles. The summed E-state index contributed by atoms with van der Waals surface area (Å²) in [5.74, 6) is 1.79. The van der Waals surface area contributed by atoms with Crippen molar-refractivity contribution in [2.75, 3.05) is 0 Å². The Kier molecular flexibility index (Phi) is 4.51. The van der Waals surface area contributed by atoms with E-state index in [2.05, 4.69) is 131 Å². The average molecular weight is 508 g/mol. The summed E-state index contributed by atoms with van der Waals surface area (Å²) >= 11 is 0. The second-order valence-electron chi connectivity index (χ2n) is 11.9. The molecule has 3 nitrogen and oxygen atoms in total. The van der Waals surface area contributed by atoms with Crippen LogP contribution in [-0.2, 0) is 14.7 Å². The molecule has 190 valence electrons. The highest BCUT2D eigenvalue weighted by atomic mass is 16.7. The van der Waals surface area contributed by atoms with Gasteiger partial charge in [0.15, 0.2) is 0 Å². The zero-order valence-electron chi connectivity index (χ0n) is 22.6. The van der Waals surface area contributed by atoms with Gasteiger partial charge in [-0.25, -0.2) is 0 Å². The molecule has 0 amide bonds. The van der Waals surface area contributed by atoms with Crippen LogP contribution in [0.2, 0.25) is 0 Å². The molecule has 0 atom stereocenters. The van der Waals surface area contributed by atoms with Crippen LogP contribution in [-0.4, -0.2) is 18.3 Å². The molecular weight excluding hydrogens is 479 g/mol. The van der Waals surface area contributed by atoms with Gasteiger partial charge in [0.1, 0.15) is 11.5 Å². The van der Waals surface area contributed by atoms with E-state index in [0.29, 0.717) is 0 Å². The number of hydrogen-bond acceptors (Lipinski definition) is 3. The van der Waals surface area contributed by atoms with Gasteiger partial charge in [0, 0.05) is 11.1 Å². The third kappa shape index (κ3) is 2.91. The van der Waals surface area contributed by atoms with Crippen LogP contribution in [0.4, 0.5) is 0 Å². The summed E-state index contributed by atoms with van der Waals surface area (Å²) in [6.45, 7) is 8.42. The Morgan fingerprint density at radius 3 is 1.87 bits per heavy atom. The highest BCUT2D eigenvalue weighted by Gasteiger charge is 2.54. The maximum Gasteiger partial charge on any atom is 0.494 e. The van der Waals surface area contributed by atoms with Crippen LogP contribution in [0.15, 0.2) is 103 Å². The second kappa shape index (κ2) is 7.62. The zero-order chi connectivity index (χ0) is 26.6. The normalized spacial score (nSPS) is 18.8. The number of hydrogen-bond donors (Lipinski definition) is 0. The molecule has 0 N–H and O–H groups in total. The smallest absolute Gasteiger partial charge is 0.457 e. The first-order valence-corrected chi connectivity index (χ1v) is 13.7. The van der Waals surface area contributed by atoms with Crippen molar-refractivity contribution in [1.82, 2.24) is 0 Å². The Bertz CT molecular complexity index is 1760. The molecule has 0 aromatic heterocycles. The molecule has 1 fully saturated rings. The van der Waals surface area contributed by atoms with Crippen molar-refractivity contribution >= 4 is 23.4 Å². The van der Waals surface area contributed by atoms with Crippen molar-refractivity contribution < 1.29 is 14.0 Å². The zero-order valence-corrected chi connectivity index (χ0v) is 22.6. The van der Waals surface area contributed by atoms with Gasteiger partial charge in [-0.2, -0.15) is 0 Å². The van der Waals surface area contributed by atoms with Crippen LogP contribution >= 0.6 is 0 Å². The lowest BCUT2D eigenvalue weighted by molar-refractivity contribution is 0.00578. The molecule has 39 heavy (non-hydrogen) atoms. The van der Waals surface area contributed by atoms with E-state index in [1.54, 1.807) is 0 Å². The summed E-state index contributed by atoms with van der Waals surface area (Å²) in [7, 11) is -0.442. The van der Waals surface area contributed by atoms with E-state index in [1.807, 2.05) is 0 Å². The van der Waals surface area contributed by atoms with Crippen LogP contribution in [0, 0.1) is 0 Å². The molecule has 8 rings (SSSR count). The summed E-state index contributed by atoms with van der Waals surface area (Å²) in [5.41, 5.74) is 7.05. The first-order valence-electron chi connectivity index (χ1n) is 13.7. The topological polar surface area (TPSA) is 27.7 Å². The third-order valence-corrected chi connectivity index (χ3v) is 9.38. The fourth-order valence-electron chi connectivity index (χ4n) is 6.81. The molecule has 1 spiro atoms. The number of fused-ring (bicyclic) bond motifs is 11. The molecule has 4 heteroatoms. The molecular formula is C35H29BO3. The number of rotatable bonds is 1. The monoisotopic (exact) mass is 508 g/mol. The van der Waals surface area contributed by atoms with E-state index in [1.165, 1.54) is 33.0 Å². The number of benzene rings is 5. The Morgan fingerprint density at radius 2 is 1.18 bits per heavy atom. The molecule has 0 unspecified atom stereocenters. The second-order valence-corrected chi connectivity index (χ2v) is 11.9. The Hall–Kier alpha value is -3.86. The van der Waals surface area contributed by atoms with Gasteiger partial charge in [-0.15, -0.1) is 0 Å². The lowest BCUT2D eigenvalue weighted by Gasteiger charge is -2.39. The first-order chi connectivity index (χ1) is 18.8. The highest BCUT2D eigenvalue weighted by molar-refractivity contribution is 6.62. The number of para-hydroxylation sites is 2. The maximum absolute atomic E-state index is 6.53. The lowest BCUT2D eigenvalue weighted by Crippen LogP contribution is -2.41. The molecule has 1 saturated heterocycles. The molecule has 3 aliphatic rings. The predicted octanol–water partition coefficient (Wildman–Crippen LogP) is 7.61. The average Bonchev–Trinajstić information content (AvgIpc) is 3.35. The van der Waals surface area contributed by atoms with E-state index in [4.69, 9.17) is 14.0 Å². The lowest BCUT2D eigenvalue weighted by atomic mass is 9.65. The Labute approximate surface area is 229 Å². The van der Waals surface area contributed by atoms with Gasteiger partial charge >= 0.3 is 7.12 Å². The van der Waals surface area contributed by atoms with Crippen molar-refractivity contribution in [2.24, 2.45) is 0 Å². The fourth-order valence-corrected chi connectivity index (χ4v) is 6.81. The van der Waals surface area contributed by atoms with Gasteiger partial charge in [0.2, 0.25) is 0 Å². The van der Waals surface area contributed by atoms with Gasteiger partial charge in [0.05, 0.1) is 16.6 Å². The van der Waals surface area contributed by atoms with Gasteiger partial charge < -0.3 is 14.0 Å². The van der Waals surface area contributed by atoms with Gasteiger partial charge in [-0.3, -0.25) is 0 Å². The van der Waals surface area contributed by atoms with Crippen molar-refractivity contribution in [3.8, 4) is 22.6 Å². The minimum atomic E-state index is -0.528. The molecule has 0 bridgehead atoms. The van der Waals surface area contributed by atoms with Crippen LogP contribution in [0.5, 0.6) is 11.5 Å². The predicted molar refractivity (Wildman–Crippen MR) is 157 cm³/mol. The molecule has 5 aromatic rings. The van der Waals surface area contributed by atoms with Crippen molar-refractivity contribution in [3.05, 3.63) is 125 Å². The Morgan fingerprint density at radius 1 is 0.564 bits per heavy atom. The fraction of sp³-hybridized carbons (Fsp3) is 0.200. The third-order valence-electron chi connectivity index (χ3n) is 9.38. The van der Waals surface area contributed by atoms with Gasteiger partial charge in [-0.1, -0.05) is 91.0 Å². The van der Waals surface area contributed by atoms with E-state index < -0.39 is 23.7 Å². The van der Waals surface area contributed by atoms with E-state index in [-0.39, 0.29) is 0 Å². The molecule has 5 aromatic carbocycles. The van der Waals surface area contributed by atoms with Crippen LogP contribution in [0.1, 0.15) is 49.9 Å². The summed E-state index contributed by atoms with van der Waals surface area (Å²) in [6, 6.07) is 37.0. The molecule has 2 heterocycles. The molecule has 0 radical (unpaired) electrons. The minimum Gasteiger partial charge on any atom is -0.457 e. The van der Waals surface area contributed by atoms with Gasteiger partial charge in [-0.05, 0) is 78.3 Å². The summed E-state index contributed by atoms with van der Waals surface area (Å²) in [4.78, 5) is 0. The highest BCUT2D eigenvalue weighted by Crippen LogP contribution is 2.62. The SMILES string of the molecule is CC1(C)OB(c2ccc3c(c2)C2(c4ccccc4Oc4ccccc42)c2ccc4ccccc4c2-3)OC1(C)C. The maximum atomic E-state index is 6.53. The van der Waals surface area contributed by atoms with Crippen LogP contribution in [0.3, 0.4) is 0 Å². The molecule has 2 aliphatic heterocycles. The largest absolute Gasteiger partial charge is 0.494 e. The summed E-state index contributed by atoms with van der Waals surface area (Å²) in [6.07, 6.45) is 0.